The fourth-order valence-electron chi connectivity index (χ4n) is 3.23. The summed E-state index contributed by atoms with van der Waals surface area (Å²) >= 11 is 0. The fourth-order valence-corrected chi connectivity index (χ4v) is 3.23. The lowest BCUT2D eigenvalue weighted by Gasteiger charge is -2.24. The van der Waals surface area contributed by atoms with Crippen molar-refractivity contribution < 1.29 is 9.90 Å². The van der Waals surface area contributed by atoms with Gasteiger partial charge in [0.2, 0.25) is 0 Å². The summed E-state index contributed by atoms with van der Waals surface area (Å²) in [5.41, 5.74) is 4.26. The lowest BCUT2D eigenvalue weighted by atomic mass is 10.1. The quantitative estimate of drug-likeness (QED) is 0.712. The molecule has 0 unspecified atom stereocenters. The van der Waals surface area contributed by atoms with Gasteiger partial charge in [0.05, 0.1) is 13.2 Å². The number of aliphatic hydroxyl groups excluding tert-OH is 1. The van der Waals surface area contributed by atoms with Gasteiger partial charge in [0.25, 0.3) is 0 Å². The Morgan fingerprint density at radius 1 is 1.20 bits per heavy atom. The number of aryl methyl sites for hydroxylation is 2. The van der Waals surface area contributed by atoms with E-state index in [4.69, 9.17) is 0 Å². The van der Waals surface area contributed by atoms with E-state index < -0.39 is 0 Å². The van der Waals surface area contributed by atoms with E-state index in [2.05, 4.69) is 35.8 Å². The average Bonchev–Trinajstić information content (AvgIpc) is 2.87. The monoisotopic (exact) mass is 342 g/mol. The van der Waals surface area contributed by atoms with Crippen LogP contribution >= 0.6 is 0 Å². The Morgan fingerprint density at radius 3 is 2.48 bits per heavy atom. The van der Waals surface area contributed by atoms with Crippen LogP contribution < -0.4 is 0 Å². The van der Waals surface area contributed by atoms with E-state index in [0.717, 1.165) is 29.9 Å². The molecule has 0 saturated heterocycles. The molecule has 2 aromatic rings. The predicted molar refractivity (Wildman–Crippen MR) is 102 cm³/mol. The first-order chi connectivity index (χ1) is 11.9. The molecule has 0 amide bonds. The molecule has 0 spiro atoms. The summed E-state index contributed by atoms with van der Waals surface area (Å²) in [4.78, 5) is 14.8. The SMILES string of the molecule is Cc1cc(C(=O)CN(CCO)C(C)C)c(C)n1CCc1ccccc1. The van der Waals surface area contributed by atoms with Crippen molar-refractivity contribution in [3.05, 3.63) is 58.9 Å². The zero-order valence-electron chi connectivity index (χ0n) is 15.8. The van der Waals surface area contributed by atoms with E-state index in [1.807, 2.05) is 37.8 Å². The van der Waals surface area contributed by atoms with Crippen molar-refractivity contribution >= 4 is 5.78 Å². The topological polar surface area (TPSA) is 45.5 Å². The molecule has 1 aromatic carbocycles. The molecule has 0 atom stereocenters. The minimum absolute atomic E-state index is 0.0710. The largest absolute Gasteiger partial charge is 0.395 e. The first-order valence-electron chi connectivity index (χ1n) is 9.02. The summed E-state index contributed by atoms with van der Waals surface area (Å²) in [5.74, 6) is 0.126. The standard InChI is InChI=1S/C21H30N2O2/c1-16(2)22(12-13-24)15-21(25)20-14-17(3)23(18(20)4)11-10-19-8-6-5-7-9-19/h5-9,14,16,24H,10-13,15H2,1-4H3. The Bertz CT molecular complexity index is 689. The number of hydrogen-bond donors (Lipinski definition) is 1. The number of aliphatic hydroxyl groups is 1. The highest BCUT2D eigenvalue weighted by Crippen LogP contribution is 2.18. The van der Waals surface area contributed by atoms with Crippen LogP contribution in [0.5, 0.6) is 0 Å². The summed E-state index contributed by atoms with van der Waals surface area (Å²) in [6.07, 6.45) is 0.952. The van der Waals surface area contributed by atoms with Gasteiger partial charge in [-0.25, -0.2) is 0 Å². The number of rotatable bonds is 9. The van der Waals surface area contributed by atoms with Crippen molar-refractivity contribution in [3.63, 3.8) is 0 Å². The van der Waals surface area contributed by atoms with E-state index in [1.165, 1.54) is 5.56 Å². The van der Waals surface area contributed by atoms with Gasteiger partial charge in [0.1, 0.15) is 0 Å². The van der Waals surface area contributed by atoms with Crippen LogP contribution in [0.15, 0.2) is 36.4 Å². The molecule has 25 heavy (non-hydrogen) atoms. The second-order valence-electron chi connectivity index (χ2n) is 6.88. The van der Waals surface area contributed by atoms with Crippen molar-refractivity contribution in [3.8, 4) is 0 Å². The highest BCUT2D eigenvalue weighted by atomic mass is 16.3. The maximum atomic E-state index is 12.8. The smallest absolute Gasteiger partial charge is 0.178 e. The zero-order valence-corrected chi connectivity index (χ0v) is 15.8. The van der Waals surface area contributed by atoms with Gasteiger partial charge >= 0.3 is 0 Å². The molecule has 4 heteroatoms. The van der Waals surface area contributed by atoms with Crippen LogP contribution in [0.1, 0.15) is 41.2 Å². The van der Waals surface area contributed by atoms with Crippen LogP contribution in [0.25, 0.3) is 0 Å². The van der Waals surface area contributed by atoms with E-state index in [1.54, 1.807) is 0 Å². The lowest BCUT2D eigenvalue weighted by molar-refractivity contribution is 0.0880. The van der Waals surface area contributed by atoms with Crippen LogP contribution in [-0.2, 0) is 13.0 Å². The highest BCUT2D eigenvalue weighted by molar-refractivity contribution is 5.99. The fraction of sp³-hybridized carbons (Fsp3) is 0.476. The summed E-state index contributed by atoms with van der Waals surface area (Å²) < 4.78 is 2.23. The zero-order chi connectivity index (χ0) is 18.4. The van der Waals surface area contributed by atoms with Crippen molar-refractivity contribution in [1.29, 1.82) is 0 Å². The number of Topliss-reactive ketones (excluding diaryl/α,β-unsaturated/α-hetero) is 1. The van der Waals surface area contributed by atoms with Crippen LogP contribution in [0.4, 0.5) is 0 Å². The summed E-state index contributed by atoms with van der Waals surface area (Å²) in [6, 6.07) is 12.6. The number of carbonyl (C=O) groups is 1. The molecule has 0 radical (unpaired) electrons. The molecular formula is C21H30N2O2. The molecule has 2 rings (SSSR count). The second-order valence-corrected chi connectivity index (χ2v) is 6.88. The minimum Gasteiger partial charge on any atom is -0.395 e. The molecule has 0 aliphatic carbocycles. The summed E-state index contributed by atoms with van der Waals surface area (Å²) in [7, 11) is 0. The molecule has 1 heterocycles. The number of carbonyl (C=O) groups excluding carboxylic acids is 1. The summed E-state index contributed by atoms with van der Waals surface area (Å²) in [6.45, 7) is 10.00. The normalized spacial score (nSPS) is 11.5. The van der Waals surface area contributed by atoms with Crippen LogP contribution in [0.2, 0.25) is 0 Å². The maximum absolute atomic E-state index is 12.8. The van der Waals surface area contributed by atoms with Gasteiger partial charge < -0.3 is 9.67 Å². The number of ketones is 1. The molecule has 0 fully saturated rings. The maximum Gasteiger partial charge on any atom is 0.178 e. The Balaban J connectivity index is 2.10. The third kappa shape index (κ3) is 5.03. The molecule has 0 aliphatic rings. The Hall–Kier alpha value is -1.91. The van der Waals surface area contributed by atoms with Crippen LogP contribution in [-0.4, -0.2) is 46.1 Å². The van der Waals surface area contributed by atoms with Gasteiger partial charge in [0, 0.05) is 36.1 Å². The van der Waals surface area contributed by atoms with Crippen LogP contribution in [0, 0.1) is 13.8 Å². The van der Waals surface area contributed by atoms with Gasteiger partial charge in [-0.3, -0.25) is 9.69 Å². The first kappa shape index (κ1) is 19.4. The molecule has 0 saturated carbocycles. The molecule has 1 aromatic heterocycles. The third-order valence-corrected chi connectivity index (χ3v) is 4.81. The second kappa shape index (κ2) is 8.97. The van der Waals surface area contributed by atoms with E-state index in [9.17, 15) is 9.90 Å². The third-order valence-electron chi connectivity index (χ3n) is 4.81. The van der Waals surface area contributed by atoms with Gasteiger partial charge in [-0.05, 0) is 45.7 Å². The van der Waals surface area contributed by atoms with Crippen LogP contribution in [0.3, 0.4) is 0 Å². The predicted octanol–water partition coefficient (Wildman–Crippen LogP) is 3.23. The van der Waals surface area contributed by atoms with Gasteiger partial charge in [-0.15, -0.1) is 0 Å². The average molecular weight is 342 g/mol. The number of aromatic nitrogens is 1. The van der Waals surface area contributed by atoms with Crippen molar-refractivity contribution in [2.75, 3.05) is 19.7 Å². The van der Waals surface area contributed by atoms with Gasteiger partial charge in [-0.1, -0.05) is 30.3 Å². The van der Waals surface area contributed by atoms with Gasteiger partial charge in [0.15, 0.2) is 5.78 Å². The minimum atomic E-state index is 0.0710. The number of hydrogen-bond acceptors (Lipinski definition) is 3. The Kier molecular flexibility index (Phi) is 6.97. The molecule has 4 nitrogen and oxygen atoms in total. The first-order valence-corrected chi connectivity index (χ1v) is 9.02. The summed E-state index contributed by atoms with van der Waals surface area (Å²) in [5, 5.41) is 9.19. The Labute approximate surface area is 151 Å². The van der Waals surface area contributed by atoms with E-state index >= 15 is 0 Å². The molecule has 0 bridgehead atoms. The van der Waals surface area contributed by atoms with Crippen molar-refractivity contribution in [1.82, 2.24) is 9.47 Å². The number of nitrogens with zero attached hydrogens (tertiary/aromatic N) is 2. The van der Waals surface area contributed by atoms with Gasteiger partial charge in [-0.2, -0.15) is 0 Å². The van der Waals surface area contributed by atoms with Crippen molar-refractivity contribution in [2.24, 2.45) is 0 Å². The van der Waals surface area contributed by atoms with Crippen molar-refractivity contribution in [2.45, 2.75) is 46.7 Å². The molecule has 1 N–H and O–H groups in total. The van der Waals surface area contributed by atoms with E-state index in [0.29, 0.717) is 13.1 Å². The molecular weight excluding hydrogens is 312 g/mol. The lowest BCUT2D eigenvalue weighted by Crippen LogP contribution is -2.37. The number of benzene rings is 1. The highest BCUT2D eigenvalue weighted by Gasteiger charge is 2.19. The Morgan fingerprint density at radius 2 is 1.88 bits per heavy atom. The molecule has 136 valence electrons. The molecule has 0 aliphatic heterocycles. The van der Waals surface area contributed by atoms with E-state index in [-0.39, 0.29) is 18.4 Å².